The van der Waals surface area contributed by atoms with E-state index in [4.69, 9.17) is 4.52 Å². The van der Waals surface area contributed by atoms with Gasteiger partial charge in [-0.25, -0.2) is 4.98 Å². The molecule has 0 atom stereocenters. The summed E-state index contributed by atoms with van der Waals surface area (Å²) < 4.78 is 6.67. The molecule has 2 aromatic heterocycles. The number of aryl methyl sites for hydroxylation is 2. The van der Waals surface area contributed by atoms with E-state index < -0.39 is 0 Å². The zero-order valence-electron chi connectivity index (χ0n) is 18.3. The van der Waals surface area contributed by atoms with Crippen LogP contribution in [0.4, 0.5) is 5.69 Å². The van der Waals surface area contributed by atoms with Crippen molar-refractivity contribution in [1.29, 1.82) is 0 Å². The molecule has 8 heteroatoms. The van der Waals surface area contributed by atoms with E-state index in [0.717, 1.165) is 22.4 Å². The smallest absolute Gasteiger partial charge is 0.299 e. The third-order valence-corrected chi connectivity index (χ3v) is 5.30. The molecule has 4 aromatic rings. The molecule has 0 bridgehead atoms. The average molecular weight is 431 g/mol. The van der Waals surface area contributed by atoms with Gasteiger partial charge >= 0.3 is 0 Å². The Morgan fingerprint density at radius 1 is 1.09 bits per heavy atom. The topological polar surface area (TPSA) is 93.3 Å². The molecule has 0 aliphatic carbocycles. The number of nitrogens with zero attached hydrogens (tertiary/aromatic N) is 4. The lowest BCUT2D eigenvalue weighted by Gasteiger charge is -2.13. The molecule has 32 heavy (non-hydrogen) atoms. The monoisotopic (exact) mass is 431 g/mol. The summed E-state index contributed by atoms with van der Waals surface area (Å²) in [6, 6.07) is 15.7. The van der Waals surface area contributed by atoms with Crippen LogP contribution < -0.4 is 15.8 Å². The van der Waals surface area contributed by atoms with Gasteiger partial charge in [-0.2, -0.15) is 0 Å². The Bertz CT molecular complexity index is 1290. The summed E-state index contributed by atoms with van der Waals surface area (Å²) in [4.78, 5) is 31.4. The minimum Gasteiger partial charge on any atom is -0.378 e. The number of benzene rings is 2. The minimum absolute atomic E-state index is 0.0875. The SMILES string of the molecule is Cc1ccc(-c2noc3c(=O)n(CCC(=O)NCc4ccc(N(C)C)cc4)cnc23)cc1. The molecule has 0 aliphatic heterocycles. The highest BCUT2D eigenvalue weighted by atomic mass is 16.5. The van der Waals surface area contributed by atoms with E-state index >= 15 is 0 Å². The van der Waals surface area contributed by atoms with Crippen LogP contribution in [-0.2, 0) is 17.9 Å². The van der Waals surface area contributed by atoms with Gasteiger partial charge in [-0.1, -0.05) is 47.1 Å². The van der Waals surface area contributed by atoms with Gasteiger partial charge in [-0.3, -0.25) is 14.2 Å². The van der Waals surface area contributed by atoms with Gasteiger partial charge in [0.05, 0.1) is 6.33 Å². The maximum atomic E-state index is 12.8. The fourth-order valence-electron chi connectivity index (χ4n) is 3.34. The zero-order chi connectivity index (χ0) is 22.7. The van der Waals surface area contributed by atoms with E-state index in [-0.39, 0.29) is 30.0 Å². The van der Waals surface area contributed by atoms with Gasteiger partial charge < -0.3 is 14.7 Å². The molecule has 0 saturated heterocycles. The van der Waals surface area contributed by atoms with Gasteiger partial charge in [0.15, 0.2) is 0 Å². The van der Waals surface area contributed by atoms with Gasteiger partial charge in [-0.05, 0) is 24.6 Å². The van der Waals surface area contributed by atoms with Crippen LogP contribution in [0, 0.1) is 6.92 Å². The third-order valence-electron chi connectivity index (χ3n) is 5.30. The lowest BCUT2D eigenvalue weighted by atomic mass is 10.1. The van der Waals surface area contributed by atoms with Crippen molar-refractivity contribution in [2.45, 2.75) is 26.4 Å². The summed E-state index contributed by atoms with van der Waals surface area (Å²) >= 11 is 0. The molecular weight excluding hydrogens is 406 g/mol. The van der Waals surface area contributed by atoms with Crippen LogP contribution in [0.1, 0.15) is 17.5 Å². The number of fused-ring (bicyclic) bond motifs is 1. The molecule has 0 aliphatic rings. The second-order valence-corrected chi connectivity index (χ2v) is 7.91. The number of carbonyl (C=O) groups is 1. The van der Waals surface area contributed by atoms with Crippen molar-refractivity contribution in [2.24, 2.45) is 0 Å². The van der Waals surface area contributed by atoms with Gasteiger partial charge in [0.25, 0.3) is 11.1 Å². The molecule has 8 nitrogen and oxygen atoms in total. The Balaban J connectivity index is 1.40. The highest BCUT2D eigenvalue weighted by molar-refractivity contribution is 5.87. The number of carbonyl (C=O) groups excluding carboxylic acids is 1. The lowest BCUT2D eigenvalue weighted by Crippen LogP contribution is -2.27. The fourth-order valence-corrected chi connectivity index (χ4v) is 3.34. The van der Waals surface area contributed by atoms with E-state index in [1.165, 1.54) is 10.9 Å². The Labute approximate surface area is 185 Å². The Hall–Kier alpha value is -3.94. The second kappa shape index (κ2) is 9.05. The largest absolute Gasteiger partial charge is 0.378 e. The van der Waals surface area contributed by atoms with Gasteiger partial charge in [0, 0.05) is 44.9 Å². The summed E-state index contributed by atoms with van der Waals surface area (Å²) in [6.45, 7) is 2.63. The van der Waals surface area contributed by atoms with Crippen LogP contribution in [0.5, 0.6) is 0 Å². The first-order valence-corrected chi connectivity index (χ1v) is 10.4. The van der Waals surface area contributed by atoms with E-state index in [1.54, 1.807) is 0 Å². The molecule has 2 heterocycles. The molecule has 4 rings (SSSR count). The molecular formula is C24H25N5O3. The van der Waals surface area contributed by atoms with E-state index in [1.807, 2.05) is 74.4 Å². The zero-order valence-corrected chi connectivity index (χ0v) is 18.3. The van der Waals surface area contributed by atoms with Gasteiger partial charge in [0.1, 0.15) is 11.2 Å². The van der Waals surface area contributed by atoms with E-state index in [0.29, 0.717) is 17.8 Å². The molecule has 0 unspecified atom stereocenters. The molecule has 0 spiro atoms. The maximum absolute atomic E-state index is 12.8. The first kappa shape index (κ1) is 21.3. The number of anilines is 1. The number of rotatable bonds is 7. The van der Waals surface area contributed by atoms with Crippen LogP contribution in [0.2, 0.25) is 0 Å². The predicted molar refractivity (Wildman–Crippen MR) is 123 cm³/mol. The van der Waals surface area contributed by atoms with Gasteiger partial charge in [0.2, 0.25) is 5.91 Å². The molecule has 0 radical (unpaired) electrons. The molecule has 0 saturated carbocycles. The summed E-state index contributed by atoms with van der Waals surface area (Å²) in [7, 11) is 3.96. The van der Waals surface area contributed by atoms with Gasteiger partial charge in [-0.15, -0.1) is 0 Å². The summed E-state index contributed by atoms with van der Waals surface area (Å²) in [5.74, 6) is -0.147. The Kier molecular flexibility index (Phi) is 6.02. The number of hydrogen-bond acceptors (Lipinski definition) is 6. The van der Waals surface area contributed by atoms with Crippen molar-refractivity contribution in [2.75, 3.05) is 19.0 Å². The van der Waals surface area contributed by atoms with Crippen molar-refractivity contribution in [3.8, 4) is 11.3 Å². The molecule has 2 aromatic carbocycles. The van der Waals surface area contributed by atoms with Crippen LogP contribution in [-0.4, -0.2) is 34.7 Å². The third kappa shape index (κ3) is 4.54. The van der Waals surface area contributed by atoms with Crippen LogP contribution in [0.15, 0.2) is 64.2 Å². The number of hydrogen-bond donors (Lipinski definition) is 1. The van der Waals surface area contributed by atoms with Crippen molar-refractivity contribution >= 4 is 22.7 Å². The van der Waals surface area contributed by atoms with Crippen molar-refractivity contribution in [1.82, 2.24) is 20.0 Å². The Morgan fingerprint density at radius 2 is 1.81 bits per heavy atom. The molecule has 164 valence electrons. The summed E-state index contributed by atoms with van der Waals surface area (Å²) in [6.07, 6.45) is 1.59. The second-order valence-electron chi connectivity index (χ2n) is 7.91. The normalized spacial score (nSPS) is 11.0. The van der Waals surface area contributed by atoms with Crippen molar-refractivity contribution in [3.63, 3.8) is 0 Å². The first-order chi connectivity index (χ1) is 15.4. The summed E-state index contributed by atoms with van der Waals surface area (Å²) in [5, 5.41) is 6.92. The highest BCUT2D eigenvalue weighted by Gasteiger charge is 2.16. The van der Waals surface area contributed by atoms with Crippen LogP contribution in [0.25, 0.3) is 22.4 Å². The summed E-state index contributed by atoms with van der Waals surface area (Å²) in [5.41, 5.74) is 4.74. The maximum Gasteiger partial charge on any atom is 0.299 e. The quantitative estimate of drug-likeness (QED) is 0.483. The lowest BCUT2D eigenvalue weighted by molar-refractivity contribution is -0.121. The number of nitrogens with one attached hydrogen (secondary N) is 1. The minimum atomic E-state index is -0.354. The van der Waals surface area contributed by atoms with Crippen LogP contribution >= 0.6 is 0 Å². The highest BCUT2D eigenvalue weighted by Crippen LogP contribution is 2.24. The molecule has 1 N–H and O–H groups in total. The van der Waals surface area contributed by atoms with Crippen LogP contribution in [0.3, 0.4) is 0 Å². The van der Waals surface area contributed by atoms with E-state index in [9.17, 15) is 9.59 Å². The molecule has 1 amide bonds. The fraction of sp³-hybridized carbons (Fsp3) is 0.250. The van der Waals surface area contributed by atoms with Crippen molar-refractivity contribution in [3.05, 3.63) is 76.3 Å². The number of amides is 1. The standard InChI is InChI=1S/C24H25N5O3/c1-16-4-8-18(9-5-16)21-22-23(32-27-21)24(31)29(15-26-22)13-12-20(30)25-14-17-6-10-19(11-7-17)28(2)3/h4-11,15H,12-14H2,1-3H3,(H,25,30). The predicted octanol–water partition coefficient (Wildman–Crippen LogP) is 3.13. The van der Waals surface area contributed by atoms with E-state index in [2.05, 4.69) is 15.5 Å². The first-order valence-electron chi connectivity index (χ1n) is 10.4. The Morgan fingerprint density at radius 3 is 2.50 bits per heavy atom. The molecule has 0 fully saturated rings. The average Bonchev–Trinajstić information content (AvgIpc) is 3.23. The van der Waals surface area contributed by atoms with Crippen molar-refractivity contribution < 1.29 is 9.32 Å². The number of aromatic nitrogens is 3.